The maximum Gasteiger partial charge on any atom is 0.351 e. The van der Waals surface area contributed by atoms with Crippen LogP contribution in [-0.4, -0.2) is 63.8 Å². The van der Waals surface area contributed by atoms with Crippen LogP contribution in [0.2, 0.25) is 0 Å². The molecule has 0 spiro atoms. The van der Waals surface area contributed by atoms with Gasteiger partial charge < -0.3 is 19.4 Å². The number of benzene rings is 1. The lowest BCUT2D eigenvalue weighted by Gasteiger charge is -2.49. The van der Waals surface area contributed by atoms with Crippen molar-refractivity contribution >= 4 is 29.1 Å². The second kappa shape index (κ2) is 15.3. The number of carbonyl (C=O) groups is 3. The van der Waals surface area contributed by atoms with Crippen LogP contribution in [0.25, 0.3) is 0 Å². The van der Waals surface area contributed by atoms with Crippen LogP contribution in [-0.2, 0) is 35.3 Å². The normalized spacial score (nSPS) is 37.7. The fraction of sp³-hybridized carbons (Fsp3) is 0.711. The summed E-state index contributed by atoms with van der Waals surface area (Å²) in [5, 5.41) is 16.8. The summed E-state index contributed by atoms with van der Waals surface area (Å²) in [5.74, 6) is -5.65. The number of hydrogen-bond acceptors (Lipinski definition) is 8. The molecule has 0 aliphatic carbocycles. The van der Waals surface area contributed by atoms with Crippen molar-refractivity contribution in [1.82, 2.24) is 0 Å². The lowest BCUT2D eigenvalue weighted by atomic mass is 9.60. The Kier molecular flexibility index (Phi) is 12.6. The number of carbonyl (C=O) groups excluding carboxylic acids is 3. The number of nitrogens with zero attached hydrogens (tertiary/aromatic N) is 2. The molecule has 0 aromatic heterocycles. The number of aliphatic hydroxyl groups is 1. The van der Waals surface area contributed by atoms with Gasteiger partial charge in [0.05, 0.1) is 17.9 Å². The van der Waals surface area contributed by atoms with Crippen molar-refractivity contribution < 1.29 is 38.2 Å². The molecule has 9 atom stereocenters. The van der Waals surface area contributed by atoms with Crippen molar-refractivity contribution in [3.63, 3.8) is 0 Å². The number of aliphatic imine (C=N–C) groups is 1. The Morgan fingerprint density at radius 2 is 1.71 bits per heavy atom. The second-order valence-corrected chi connectivity index (χ2v) is 15.6. The van der Waals surface area contributed by atoms with E-state index in [1.165, 1.54) is 6.92 Å². The molecule has 2 saturated heterocycles. The third-order valence-corrected chi connectivity index (χ3v) is 10.5. The summed E-state index contributed by atoms with van der Waals surface area (Å²) in [7, 11) is 0. The van der Waals surface area contributed by atoms with Crippen LogP contribution in [0.15, 0.2) is 40.5 Å². The fourth-order valence-corrected chi connectivity index (χ4v) is 8.54. The Morgan fingerprint density at radius 3 is 2.27 bits per heavy atom. The van der Waals surface area contributed by atoms with E-state index in [-0.39, 0.29) is 31.5 Å². The molecule has 1 amide bonds. The Bertz CT molecular complexity index is 1370. The molecule has 2 aliphatic rings. The maximum atomic E-state index is 16.5. The first-order valence-electron chi connectivity index (χ1n) is 17.3. The molecule has 2 aliphatic heterocycles. The lowest BCUT2D eigenvalue weighted by molar-refractivity contribution is -0.188. The van der Waals surface area contributed by atoms with E-state index < -0.39 is 63.8 Å². The molecule has 268 valence electrons. The zero-order chi connectivity index (χ0) is 36.2. The number of Topliss-reactive ketones (excluding diaryl/α,β-unsaturated/α-hetero) is 1. The molecule has 10 heteroatoms. The predicted molar refractivity (Wildman–Crippen MR) is 184 cm³/mol. The van der Waals surface area contributed by atoms with E-state index in [0.717, 1.165) is 12.5 Å². The number of amides is 1. The van der Waals surface area contributed by atoms with Crippen LogP contribution in [0.4, 0.5) is 4.39 Å². The summed E-state index contributed by atoms with van der Waals surface area (Å²) in [6, 6.07) is 9.65. The molecule has 0 saturated carbocycles. The Balaban J connectivity index is 2.34. The minimum atomic E-state index is -2.97. The number of halogens is 1. The first-order valence-corrected chi connectivity index (χ1v) is 17.3. The van der Waals surface area contributed by atoms with E-state index in [4.69, 9.17) is 14.3 Å². The molecule has 1 aromatic rings. The van der Waals surface area contributed by atoms with Gasteiger partial charge in [-0.1, -0.05) is 84.0 Å². The van der Waals surface area contributed by atoms with Crippen LogP contribution in [0.1, 0.15) is 107 Å². The minimum Gasteiger partial charge on any atom is -0.457 e. The van der Waals surface area contributed by atoms with Crippen molar-refractivity contribution in [2.45, 2.75) is 131 Å². The van der Waals surface area contributed by atoms with Gasteiger partial charge in [0, 0.05) is 30.4 Å². The Morgan fingerprint density at radius 1 is 1.08 bits per heavy atom. The zero-order valence-electron chi connectivity index (χ0n) is 30.8. The van der Waals surface area contributed by atoms with Gasteiger partial charge >= 0.3 is 5.97 Å². The molecule has 0 unspecified atom stereocenters. The topological polar surface area (TPSA) is 124 Å². The van der Waals surface area contributed by atoms with Crippen molar-refractivity contribution in [3.8, 4) is 0 Å². The number of fused-ring (bicyclic) bond motifs is 5. The quantitative estimate of drug-likeness (QED) is 0.206. The number of ketones is 1. The molecule has 1 N–H and O–H groups in total. The highest BCUT2D eigenvalue weighted by molar-refractivity contribution is 6.07. The van der Waals surface area contributed by atoms with Gasteiger partial charge in [-0.25, -0.2) is 14.2 Å². The van der Waals surface area contributed by atoms with E-state index in [2.05, 4.69) is 10.1 Å². The third kappa shape index (κ3) is 8.78. The fourth-order valence-electron chi connectivity index (χ4n) is 8.54. The van der Waals surface area contributed by atoms with E-state index >= 15 is 4.39 Å². The van der Waals surface area contributed by atoms with Gasteiger partial charge in [0.25, 0.3) is 5.67 Å². The van der Waals surface area contributed by atoms with E-state index in [0.29, 0.717) is 30.7 Å². The van der Waals surface area contributed by atoms with Crippen molar-refractivity contribution in [2.24, 2.45) is 45.2 Å². The summed E-state index contributed by atoms with van der Waals surface area (Å²) in [5.41, 5.74) is -4.26. The highest BCUT2D eigenvalue weighted by Gasteiger charge is 2.56. The number of alkyl halides is 1. The smallest absolute Gasteiger partial charge is 0.351 e. The van der Waals surface area contributed by atoms with Gasteiger partial charge in [0.1, 0.15) is 18.3 Å². The van der Waals surface area contributed by atoms with Gasteiger partial charge in [0.2, 0.25) is 5.91 Å². The molecule has 9 nitrogen and oxygen atoms in total. The van der Waals surface area contributed by atoms with Crippen LogP contribution >= 0.6 is 0 Å². The van der Waals surface area contributed by atoms with Crippen molar-refractivity contribution in [1.29, 1.82) is 0 Å². The summed E-state index contributed by atoms with van der Waals surface area (Å²) < 4.78 is 29.1. The monoisotopic (exact) mass is 672 g/mol. The highest BCUT2D eigenvalue weighted by atomic mass is 19.1. The molecule has 2 fully saturated rings. The molecule has 0 radical (unpaired) electrons. The van der Waals surface area contributed by atoms with Crippen LogP contribution in [0, 0.1) is 35.0 Å². The number of cyclic esters (lactones) is 1. The average Bonchev–Trinajstić information content (AvgIpc) is 3.00. The molecule has 48 heavy (non-hydrogen) atoms. The number of rotatable bonds is 4. The number of oxime groups is 1. The first-order chi connectivity index (χ1) is 22.2. The summed E-state index contributed by atoms with van der Waals surface area (Å²) in [6.45, 7) is 19.3. The number of esters is 1. The van der Waals surface area contributed by atoms with Gasteiger partial charge in [-0.15, -0.1) is 0 Å². The molecule has 2 bridgehead atoms. The van der Waals surface area contributed by atoms with E-state index in [9.17, 15) is 19.5 Å². The zero-order valence-corrected chi connectivity index (χ0v) is 30.8. The molecule has 2 heterocycles. The Labute approximate surface area is 286 Å². The summed E-state index contributed by atoms with van der Waals surface area (Å²) in [6.07, 6.45) is -0.00108. The first kappa shape index (κ1) is 39.5. The SMILES string of the molecule is CC[C@H]1OC(=O)[C@@](C)(F)C(=O)[C@H](C)[C@@H](C(C)(C)C)[C@@]2(C)C[C@@H](C)C(=NC(C)=O)[C@H](C)[C@@H](CC/C(=N\OCc3ccccc3)CO2)[C@]1(C)O. The molecule has 3 rings (SSSR count). The van der Waals surface area contributed by atoms with Crippen molar-refractivity contribution in [3.05, 3.63) is 35.9 Å². The van der Waals surface area contributed by atoms with Crippen molar-refractivity contribution in [2.75, 3.05) is 6.61 Å². The highest BCUT2D eigenvalue weighted by Crippen LogP contribution is 2.48. The average molecular weight is 673 g/mol. The predicted octanol–water partition coefficient (Wildman–Crippen LogP) is 7.08. The van der Waals surface area contributed by atoms with Crippen LogP contribution in [0.3, 0.4) is 0 Å². The van der Waals surface area contributed by atoms with Gasteiger partial charge in [0.15, 0.2) is 5.78 Å². The summed E-state index contributed by atoms with van der Waals surface area (Å²) in [4.78, 5) is 50.6. The summed E-state index contributed by atoms with van der Waals surface area (Å²) >= 11 is 0. The van der Waals surface area contributed by atoms with Gasteiger partial charge in [-0.05, 0) is 69.3 Å². The minimum absolute atomic E-state index is 0.0491. The van der Waals surface area contributed by atoms with Gasteiger partial charge in [-0.2, -0.15) is 0 Å². The molecular weight excluding hydrogens is 615 g/mol. The Hall–Kier alpha value is -2.98. The standard InChI is InChI=1S/C38H57FN2O7/c1-12-30-38(11,45)29-19-18-28(41-47-21-27-16-14-13-15-17-27)22-46-36(9,20-23(2)31(24(29)3)40-26(5)42)32(35(6,7)8)25(4)33(43)37(10,39)34(44)48-30/h13-17,23-25,29-30,32,45H,12,18-22H2,1-11H3/b40-31?,41-28+/t23-,24-,25-,29-,30-,32+,36-,37+,38+/m1/s1. The van der Waals surface area contributed by atoms with E-state index in [1.807, 2.05) is 71.9 Å². The van der Waals surface area contributed by atoms with Crippen LogP contribution in [0.5, 0.6) is 0 Å². The van der Waals surface area contributed by atoms with E-state index in [1.54, 1.807) is 20.8 Å². The number of hydrogen-bond donors (Lipinski definition) is 1. The third-order valence-electron chi connectivity index (χ3n) is 10.5. The number of ether oxygens (including phenoxy) is 2. The van der Waals surface area contributed by atoms with Gasteiger partial charge in [-0.3, -0.25) is 9.59 Å². The molecule has 1 aromatic carbocycles. The second-order valence-electron chi connectivity index (χ2n) is 15.6. The molecular formula is C38H57FN2O7. The maximum absolute atomic E-state index is 16.5. The van der Waals surface area contributed by atoms with Crippen LogP contribution < -0.4 is 0 Å². The lowest BCUT2D eigenvalue weighted by Crippen LogP contribution is -2.57. The largest absolute Gasteiger partial charge is 0.457 e.